The minimum absolute atomic E-state index is 0.608. The molecule has 5 heteroatoms. The SMILES string of the molecule is O=C(Nc1ccc(Cl)cc1)O/N=C1/CCc2ccccc21. The van der Waals surface area contributed by atoms with E-state index in [1.165, 1.54) is 5.56 Å². The highest BCUT2D eigenvalue weighted by Crippen LogP contribution is 2.22. The van der Waals surface area contributed by atoms with E-state index in [9.17, 15) is 4.79 Å². The van der Waals surface area contributed by atoms with Crippen LogP contribution in [-0.2, 0) is 11.3 Å². The molecule has 0 aliphatic heterocycles. The predicted octanol–water partition coefficient (Wildman–Crippen LogP) is 4.24. The summed E-state index contributed by atoms with van der Waals surface area (Å²) in [5.41, 5.74) is 3.70. The molecular formula is C16H13ClN2O2. The number of hydrogen-bond donors (Lipinski definition) is 1. The number of rotatable bonds is 2. The zero-order valence-electron chi connectivity index (χ0n) is 11.2. The van der Waals surface area contributed by atoms with E-state index in [2.05, 4.69) is 16.5 Å². The second-order valence-electron chi connectivity index (χ2n) is 4.71. The van der Waals surface area contributed by atoms with E-state index in [1.807, 2.05) is 18.2 Å². The van der Waals surface area contributed by atoms with Crippen LogP contribution in [0.25, 0.3) is 0 Å². The van der Waals surface area contributed by atoms with Crippen LogP contribution in [0.2, 0.25) is 5.02 Å². The zero-order chi connectivity index (χ0) is 14.7. The van der Waals surface area contributed by atoms with Crippen LogP contribution in [0, 0.1) is 0 Å². The first kappa shape index (κ1) is 13.6. The molecule has 0 radical (unpaired) electrons. The van der Waals surface area contributed by atoms with Gasteiger partial charge in [0.05, 0.1) is 5.71 Å². The molecule has 0 fully saturated rings. The van der Waals surface area contributed by atoms with Crippen LogP contribution in [0.3, 0.4) is 0 Å². The van der Waals surface area contributed by atoms with Gasteiger partial charge in [-0.15, -0.1) is 0 Å². The monoisotopic (exact) mass is 300 g/mol. The summed E-state index contributed by atoms with van der Waals surface area (Å²) in [6, 6.07) is 14.8. The van der Waals surface area contributed by atoms with Gasteiger partial charge in [-0.2, -0.15) is 0 Å². The summed E-state index contributed by atoms with van der Waals surface area (Å²) in [4.78, 5) is 16.6. The average molecular weight is 301 g/mol. The van der Waals surface area contributed by atoms with Gasteiger partial charge in [-0.3, -0.25) is 10.2 Å². The van der Waals surface area contributed by atoms with E-state index < -0.39 is 6.09 Å². The van der Waals surface area contributed by atoms with Gasteiger partial charge < -0.3 is 0 Å². The molecule has 0 unspecified atom stereocenters. The summed E-state index contributed by atoms with van der Waals surface area (Å²) < 4.78 is 0. The standard InChI is InChI=1S/C16H13ClN2O2/c17-12-6-8-13(9-7-12)18-16(20)21-19-15-10-5-11-3-1-2-4-14(11)15/h1-4,6-9H,5,10H2,(H,18,20)/b19-15-. The maximum Gasteiger partial charge on any atom is 0.437 e. The van der Waals surface area contributed by atoms with Crippen LogP contribution in [-0.4, -0.2) is 11.8 Å². The van der Waals surface area contributed by atoms with E-state index in [1.54, 1.807) is 24.3 Å². The number of aryl methyl sites for hydroxylation is 1. The fourth-order valence-corrected chi connectivity index (χ4v) is 2.40. The Morgan fingerprint density at radius 2 is 1.86 bits per heavy atom. The number of nitrogens with one attached hydrogen (secondary N) is 1. The lowest BCUT2D eigenvalue weighted by Crippen LogP contribution is -2.11. The van der Waals surface area contributed by atoms with Crippen LogP contribution in [0.5, 0.6) is 0 Å². The number of benzene rings is 2. The van der Waals surface area contributed by atoms with Gasteiger partial charge in [0.2, 0.25) is 0 Å². The van der Waals surface area contributed by atoms with Crippen molar-refractivity contribution in [1.29, 1.82) is 0 Å². The first-order chi connectivity index (χ1) is 10.2. The molecule has 0 bridgehead atoms. The van der Waals surface area contributed by atoms with Crippen molar-refractivity contribution in [3.8, 4) is 0 Å². The van der Waals surface area contributed by atoms with Crippen molar-refractivity contribution in [3.05, 3.63) is 64.7 Å². The lowest BCUT2D eigenvalue weighted by molar-refractivity contribution is 0.166. The minimum Gasteiger partial charge on any atom is -0.297 e. The maximum absolute atomic E-state index is 11.7. The molecule has 3 rings (SSSR count). The quantitative estimate of drug-likeness (QED) is 0.666. The van der Waals surface area contributed by atoms with Crippen LogP contribution >= 0.6 is 11.6 Å². The van der Waals surface area contributed by atoms with Crippen molar-refractivity contribution in [2.24, 2.45) is 5.16 Å². The van der Waals surface area contributed by atoms with E-state index >= 15 is 0 Å². The summed E-state index contributed by atoms with van der Waals surface area (Å²) in [6.45, 7) is 0. The van der Waals surface area contributed by atoms with Crippen LogP contribution < -0.4 is 5.32 Å². The van der Waals surface area contributed by atoms with Crippen molar-refractivity contribution >= 4 is 29.1 Å². The molecule has 1 aliphatic rings. The van der Waals surface area contributed by atoms with E-state index in [0.29, 0.717) is 10.7 Å². The van der Waals surface area contributed by atoms with Crippen molar-refractivity contribution in [3.63, 3.8) is 0 Å². The number of carbonyl (C=O) groups is 1. The Bertz CT molecular complexity index is 696. The Morgan fingerprint density at radius 3 is 2.67 bits per heavy atom. The Kier molecular flexibility index (Phi) is 3.88. The molecule has 106 valence electrons. The van der Waals surface area contributed by atoms with Crippen molar-refractivity contribution in [2.75, 3.05) is 5.32 Å². The van der Waals surface area contributed by atoms with Gasteiger partial charge in [-0.25, -0.2) is 4.79 Å². The third-order valence-corrected chi connectivity index (χ3v) is 3.54. The number of halogens is 1. The summed E-state index contributed by atoms with van der Waals surface area (Å²) in [5, 5.41) is 7.15. The third-order valence-electron chi connectivity index (χ3n) is 3.29. The minimum atomic E-state index is -0.616. The van der Waals surface area contributed by atoms with E-state index in [0.717, 1.165) is 24.1 Å². The van der Waals surface area contributed by atoms with Gasteiger partial charge in [0, 0.05) is 16.3 Å². The molecule has 0 saturated carbocycles. The fraction of sp³-hybridized carbons (Fsp3) is 0.125. The molecule has 21 heavy (non-hydrogen) atoms. The van der Waals surface area contributed by atoms with Gasteiger partial charge in [0.15, 0.2) is 0 Å². The number of nitrogens with zero attached hydrogens (tertiary/aromatic N) is 1. The topological polar surface area (TPSA) is 50.7 Å². The molecule has 1 amide bonds. The van der Waals surface area contributed by atoms with Gasteiger partial charge in [-0.05, 0) is 42.7 Å². The predicted molar refractivity (Wildman–Crippen MR) is 82.9 cm³/mol. The summed E-state index contributed by atoms with van der Waals surface area (Å²) in [6.07, 6.45) is 1.10. The first-order valence-corrected chi connectivity index (χ1v) is 6.99. The lowest BCUT2D eigenvalue weighted by atomic mass is 10.1. The summed E-state index contributed by atoms with van der Waals surface area (Å²) in [5.74, 6) is 0. The highest BCUT2D eigenvalue weighted by molar-refractivity contribution is 6.30. The second kappa shape index (κ2) is 5.97. The highest BCUT2D eigenvalue weighted by atomic mass is 35.5. The van der Waals surface area contributed by atoms with Crippen LogP contribution in [0.1, 0.15) is 17.5 Å². The van der Waals surface area contributed by atoms with E-state index in [4.69, 9.17) is 16.4 Å². The van der Waals surface area contributed by atoms with Crippen molar-refractivity contribution in [2.45, 2.75) is 12.8 Å². The second-order valence-corrected chi connectivity index (χ2v) is 5.14. The molecule has 4 nitrogen and oxygen atoms in total. The van der Waals surface area contributed by atoms with Crippen LogP contribution in [0.4, 0.5) is 10.5 Å². The molecule has 0 heterocycles. The van der Waals surface area contributed by atoms with Gasteiger partial charge in [0.1, 0.15) is 0 Å². The maximum atomic E-state index is 11.7. The molecule has 0 atom stereocenters. The summed E-state index contributed by atoms with van der Waals surface area (Å²) >= 11 is 5.78. The number of fused-ring (bicyclic) bond motifs is 1. The first-order valence-electron chi connectivity index (χ1n) is 6.61. The number of amides is 1. The van der Waals surface area contributed by atoms with E-state index in [-0.39, 0.29) is 0 Å². The molecule has 0 saturated heterocycles. The molecule has 0 spiro atoms. The Labute approximate surface area is 127 Å². The third kappa shape index (κ3) is 3.23. The Hall–Kier alpha value is -2.33. The smallest absolute Gasteiger partial charge is 0.297 e. The molecule has 1 aliphatic carbocycles. The van der Waals surface area contributed by atoms with Crippen molar-refractivity contribution in [1.82, 2.24) is 0 Å². The van der Waals surface area contributed by atoms with Gasteiger partial charge >= 0.3 is 6.09 Å². The number of anilines is 1. The number of carbonyl (C=O) groups excluding carboxylic acids is 1. The zero-order valence-corrected chi connectivity index (χ0v) is 11.9. The largest absolute Gasteiger partial charge is 0.437 e. The lowest BCUT2D eigenvalue weighted by Gasteiger charge is -2.03. The Balaban J connectivity index is 1.64. The number of oxime groups is 1. The molecule has 1 N–H and O–H groups in total. The molecular weight excluding hydrogens is 288 g/mol. The summed E-state index contributed by atoms with van der Waals surface area (Å²) in [7, 11) is 0. The Morgan fingerprint density at radius 1 is 1.10 bits per heavy atom. The van der Waals surface area contributed by atoms with Gasteiger partial charge in [-0.1, -0.05) is 41.0 Å². The number of hydrogen-bond acceptors (Lipinski definition) is 3. The molecule has 0 aromatic heterocycles. The molecule has 2 aromatic rings. The van der Waals surface area contributed by atoms with Crippen LogP contribution in [0.15, 0.2) is 53.7 Å². The average Bonchev–Trinajstić information content (AvgIpc) is 2.91. The van der Waals surface area contributed by atoms with Gasteiger partial charge in [0.25, 0.3) is 0 Å². The van der Waals surface area contributed by atoms with Crippen molar-refractivity contribution < 1.29 is 9.63 Å². The highest BCUT2D eigenvalue weighted by Gasteiger charge is 2.17. The molecule has 2 aromatic carbocycles. The fourth-order valence-electron chi connectivity index (χ4n) is 2.27. The normalized spacial score (nSPS) is 14.8.